The van der Waals surface area contributed by atoms with Crippen molar-refractivity contribution in [2.45, 2.75) is 31.7 Å². The van der Waals surface area contributed by atoms with E-state index in [2.05, 4.69) is 21.2 Å². The minimum atomic E-state index is -0.336. The van der Waals surface area contributed by atoms with Crippen molar-refractivity contribution in [3.05, 3.63) is 34.1 Å². The fraction of sp³-hybridized carbons (Fsp3) is 0.462. The van der Waals surface area contributed by atoms with E-state index in [0.29, 0.717) is 16.5 Å². The van der Waals surface area contributed by atoms with Gasteiger partial charge in [0.2, 0.25) is 0 Å². The first-order valence-electron chi connectivity index (χ1n) is 5.88. The Morgan fingerprint density at radius 1 is 1.47 bits per heavy atom. The molecule has 1 aromatic rings. The zero-order valence-electron chi connectivity index (χ0n) is 9.51. The number of hydrogen-bond donors (Lipinski definition) is 1. The number of piperidine rings is 1. The van der Waals surface area contributed by atoms with Crippen LogP contribution in [0, 0.1) is 5.82 Å². The van der Waals surface area contributed by atoms with Gasteiger partial charge in [0, 0.05) is 18.0 Å². The molecule has 1 N–H and O–H groups in total. The van der Waals surface area contributed by atoms with Gasteiger partial charge in [-0.25, -0.2) is 4.39 Å². The summed E-state index contributed by atoms with van der Waals surface area (Å²) in [6.07, 6.45) is 3.91. The monoisotopic (exact) mass is 299 g/mol. The average molecular weight is 300 g/mol. The van der Waals surface area contributed by atoms with E-state index in [9.17, 15) is 9.18 Å². The number of carbonyl (C=O) groups is 1. The molecule has 0 spiro atoms. The minimum Gasteiger partial charge on any atom is -0.314 e. The van der Waals surface area contributed by atoms with Crippen LogP contribution in [-0.4, -0.2) is 18.4 Å². The third-order valence-electron chi connectivity index (χ3n) is 3.09. The largest absolute Gasteiger partial charge is 0.314 e. The number of nitrogens with one attached hydrogen (secondary N) is 1. The quantitative estimate of drug-likeness (QED) is 0.868. The molecule has 1 fully saturated rings. The van der Waals surface area contributed by atoms with Gasteiger partial charge in [0.15, 0.2) is 5.78 Å². The van der Waals surface area contributed by atoms with Gasteiger partial charge in [-0.05, 0) is 53.5 Å². The van der Waals surface area contributed by atoms with Gasteiger partial charge >= 0.3 is 0 Å². The molecule has 0 radical (unpaired) electrons. The number of benzene rings is 1. The van der Waals surface area contributed by atoms with Gasteiger partial charge in [-0.1, -0.05) is 6.42 Å². The molecule has 1 heterocycles. The number of hydrogen-bond acceptors (Lipinski definition) is 2. The van der Waals surface area contributed by atoms with Crippen LogP contribution in [0.4, 0.5) is 4.39 Å². The van der Waals surface area contributed by atoms with Crippen LogP contribution in [0.5, 0.6) is 0 Å². The Kier molecular flexibility index (Phi) is 4.29. The molecule has 0 aromatic heterocycles. The molecule has 2 rings (SSSR count). The van der Waals surface area contributed by atoms with E-state index >= 15 is 0 Å². The topological polar surface area (TPSA) is 29.1 Å². The second kappa shape index (κ2) is 5.74. The van der Waals surface area contributed by atoms with E-state index in [0.717, 1.165) is 13.0 Å². The van der Waals surface area contributed by atoms with Gasteiger partial charge in [-0.3, -0.25) is 4.79 Å². The first kappa shape index (κ1) is 12.7. The van der Waals surface area contributed by atoms with Gasteiger partial charge < -0.3 is 5.32 Å². The summed E-state index contributed by atoms with van der Waals surface area (Å²) >= 11 is 3.10. The number of halogens is 2. The lowest BCUT2D eigenvalue weighted by molar-refractivity contribution is 0.0963. The summed E-state index contributed by atoms with van der Waals surface area (Å²) < 4.78 is 13.4. The third kappa shape index (κ3) is 3.36. The molecule has 92 valence electrons. The molecule has 17 heavy (non-hydrogen) atoms. The van der Waals surface area contributed by atoms with Gasteiger partial charge in [-0.2, -0.15) is 0 Å². The molecule has 2 nitrogen and oxygen atoms in total. The summed E-state index contributed by atoms with van der Waals surface area (Å²) in [6, 6.07) is 4.71. The van der Waals surface area contributed by atoms with Crippen LogP contribution in [0.3, 0.4) is 0 Å². The Hall–Kier alpha value is -0.740. The second-order valence-electron chi connectivity index (χ2n) is 4.40. The van der Waals surface area contributed by atoms with E-state index in [1.807, 2.05) is 0 Å². The minimum absolute atomic E-state index is 0.0742. The van der Waals surface area contributed by atoms with Gasteiger partial charge in [0.25, 0.3) is 0 Å². The summed E-state index contributed by atoms with van der Waals surface area (Å²) in [7, 11) is 0. The zero-order chi connectivity index (χ0) is 12.3. The highest BCUT2D eigenvalue weighted by atomic mass is 79.9. The fourth-order valence-corrected chi connectivity index (χ4v) is 2.49. The first-order valence-corrected chi connectivity index (χ1v) is 6.68. The van der Waals surface area contributed by atoms with Crippen LogP contribution >= 0.6 is 15.9 Å². The Balaban J connectivity index is 2.01. The lowest BCUT2D eigenvalue weighted by Crippen LogP contribution is -2.35. The average Bonchev–Trinajstić information content (AvgIpc) is 2.34. The summed E-state index contributed by atoms with van der Waals surface area (Å²) in [5.41, 5.74) is 0.575. The number of rotatable bonds is 3. The molecule has 0 bridgehead atoms. The molecule has 1 atom stereocenters. The van der Waals surface area contributed by atoms with Crippen LogP contribution < -0.4 is 5.32 Å². The summed E-state index contributed by atoms with van der Waals surface area (Å²) in [5.74, 6) is -0.262. The molecule has 1 unspecified atom stereocenters. The SMILES string of the molecule is O=C(CC1CCCCN1)c1ccc(F)c(Br)c1. The molecular weight excluding hydrogens is 285 g/mol. The van der Waals surface area contributed by atoms with Crippen molar-refractivity contribution in [2.24, 2.45) is 0 Å². The van der Waals surface area contributed by atoms with Crippen LogP contribution in [-0.2, 0) is 0 Å². The molecule has 0 aliphatic carbocycles. The standard InChI is InChI=1S/C13H15BrFNO/c14-11-7-9(4-5-12(11)15)13(17)8-10-3-1-2-6-16-10/h4-5,7,10,16H,1-3,6,8H2. The maximum absolute atomic E-state index is 13.1. The maximum Gasteiger partial charge on any atom is 0.164 e. The van der Waals surface area contributed by atoms with E-state index < -0.39 is 0 Å². The lowest BCUT2D eigenvalue weighted by Gasteiger charge is -2.22. The van der Waals surface area contributed by atoms with Crippen LogP contribution in [0.25, 0.3) is 0 Å². The van der Waals surface area contributed by atoms with E-state index in [-0.39, 0.29) is 17.6 Å². The van der Waals surface area contributed by atoms with Crippen molar-refractivity contribution in [3.63, 3.8) is 0 Å². The molecule has 1 aliphatic rings. The van der Waals surface area contributed by atoms with Gasteiger partial charge in [0.1, 0.15) is 5.82 Å². The highest BCUT2D eigenvalue weighted by molar-refractivity contribution is 9.10. The molecule has 0 amide bonds. The predicted octanol–water partition coefficient (Wildman–Crippen LogP) is 3.30. The maximum atomic E-state index is 13.1. The molecule has 4 heteroatoms. The van der Waals surface area contributed by atoms with Crippen molar-refractivity contribution < 1.29 is 9.18 Å². The predicted molar refractivity (Wildman–Crippen MR) is 68.7 cm³/mol. The molecule has 1 aliphatic heterocycles. The number of carbonyl (C=O) groups excluding carboxylic acids is 1. The number of Topliss-reactive ketones (excluding diaryl/α,β-unsaturated/α-hetero) is 1. The highest BCUT2D eigenvalue weighted by Gasteiger charge is 2.17. The first-order chi connectivity index (χ1) is 8.16. The summed E-state index contributed by atoms with van der Waals surface area (Å²) in [6.45, 7) is 0.991. The Morgan fingerprint density at radius 2 is 2.29 bits per heavy atom. The van der Waals surface area contributed by atoms with Gasteiger partial charge in [0.05, 0.1) is 4.47 Å². The smallest absolute Gasteiger partial charge is 0.164 e. The van der Waals surface area contributed by atoms with E-state index in [4.69, 9.17) is 0 Å². The Bertz CT molecular complexity index is 416. The summed E-state index contributed by atoms with van der Waals surface area (Å²) in [4.78, 5) is 12.0. The lowest BCUT2D eigenvalue weighted by atomic mass is 9.97. The van der Waals surface area contributed by atoms with Crippen molar-refractivity contribution in [3.8, 4) is 0 Å². The zero-order valence-corrected chi connectivity index (χ0v) is 11.1. The van der Waals surface area contributed by atoms with Crippen molar-refractivity contribution in [1.82, 2.24) is 5.32 Å². The van der Waals surface area contributed by atoms with Crippen LogP contribution in [0.2, 0.25) is 0 Å². The highest BCUT2D eigenvalue weighted by Crippen LogP contribution is 2.19. The van der Waals surface area contributed by atoms with Crippen molar-refractivity contribution in [2.75, 3.05) is 6.54 Å². The Labute approximate surface area is 109 Å². The van der Waals surface area contributed by atoms with Crippen LogP contribution in [0.1, 0.15) is 36.0 Å². The second-order valence-corrected chi connectivity index (χ2v) is 5.26. The van der Waals surface area contributed by atoms with Crippen molar-refractivity contribution in [1.29, 1.82) is 0 Å². The van der Waals surface area contributed by atoms with E-state index in [1.165, 1.54) is 18.9 Å². The molecule has 0 saturated carbocycles. The van der Waals surface area contributed by atoms with Gasteiger partial charge in [-0.15, -0.1) is 0 Å². The van der Waals surface area contributed by atoms with E-state index in [1.54, 1.807) is 12.1 Å². The third-order valence-corrected chi connectivity index (χ3v) is 3.69. The number of ketones is 1. The van der Waals surface area contributed by atoms with Crippen LogP contribution in [0.15, 0.2) is 22.7 Å². The summed E-state index contributed by atoms with van der Waals surface area (Å²) in [5, 5.41) is 3.34. The normalized spacial score (nSPS) is 20.2. The Morgan fingerprint density at radius 3 is 2.94 bits per heavy atom. The molecule has 1 aromatic carbocycles. The molecular formula is C13H15BrFNO. The fourth-order valence-electron chi connectivity index (χ4n) is 2.11. The molecule has 1 saturated heterocycles. The van der Waals surface area contributed by atoms with Crippen molar-refractivity contribution >= 4 is 21.7 Å².